The Balaban J connectivity index is 1.81. The molecule has 0 bridgehead atoms. The Morgan fingerprint density at radius 2 is 2.20 bits per heavy atom. The van der Waals surface area contributed by atoms with Gasteiger partial charge in [-0.1, -0.05) is 6.07 Å². The molecule has 5 nitrogen and oxygen atoms in total. The molecular weight excluding hydrogens is 296 g/mol. The Bertz CT molecular complexity index is 632. The summed E-state index contributed by atoms with van der Waals surface area (Å²) in [7, 11) is -1.45. The number of hydrogen-bond acceptors (Lipinski definition) is 5. The summed E-state index contributed by atoms with van der Waals surface area (Å²) in [5.41, 5.74) is 1.08. The van der Waals surface area contributed by atoms with Crippen molar-refractivity contribution >= 4 is 21.2 Å². The van der Waals surface area contributed by atoms with E-state index in [1.54, 1.807) is 17.5 Å². The lowest BCUT2D eigenvalue weighted by atomic mass is 10.3. The van der Waals surface area contributed by atoms with Gasteiger partial charge in [0.25, 0.3) is 0 Å². The Labute approximate surface area is 122 Å². The van der Waals surface area contributed by atoms with E-state index in [4.69, 9.17) is 0 Å². The van der Waals surface area contributed by atoms with E-state index in [-0.39, 0.29) is 12.3 Å². The van der Waals surface area contributed by atoms with Crippen molar-refractivity contribution in [1.29, 1.82) is 0 Å². The molecule has 20 heavy (non-hydrogen) atoms. The van der Waals surface area contributed by atoms with E-state index in [1.165, 1.54) is 11.3 Å². The van der Waals surface area contributed by atoms with E-state index in [1.807, 2.05) is 29.9 Å². The normalized spacial score (nSPS) is 13.5. The average Bonchev–Trinajstić information content (AvgIpc) is 3.01. The summed E-state index contributed by atoms with van der Waals surface area (Å²) in [4.78, 5) is 0. The maximum Gasteiger partial charge on any atom is 0.190 e. The van der Waals surface area contributed by atoms with E-state index < -0.39 is 15.9 Å². The van der Waals surface area contributed by atoms with Crippen LogP contribution in [0.5, 0.6) is 0 Å². The smallest absolute Gasteiger partial charge is 0.190 e. The zero-order chi connectivity index (χ0) is 14.6. The molecule has 0 aliphatic rings. The maximum absolute atomic E-state index is 12.0. The van der Waals surface area contributed by atoms with Gasteiger partial charge in [0, 0.05) is 32.0 Å². The highest BCUT2D eigenvalue weighted by molar-refractivity contribution is 7.93. The second-order valence-electron chi connectivity index (χ2n) is 4.61. The van der Waals surface area contributed by atoms with Crippen molar-refractivity contribution in [3.63, 3.8) is 0 Å². The second kappa shape index (κ2) is 6.53. The minimum absolute atomic E-state index is 0.246. The number of thiophene rings is 1. The summed E-state index contributed by atoms with van der Waals surface area (Å²) in [5.74, 6) is -0.256. The number of rotatable bonds is 7. The molecule has 2 N–H and O–H groups in total. The third-order valence-corrected chi connectivity index (χ3v) is 6.24. The molecule has 0 saturated carbocycles. The first-order valence-corrected chi connectivity index (χ1v) is 8.77. The van der Waals surface area contributed by atoms with Crippen LogP contribution in [-0.4, -0.2) is 36.5 Å². The lowest BCUT2D eigenvalue weighted by Gasteiger charge is -2.12. The van der Waals surface area contributed by atoms with E-state index in [9.17, 15) is 13.5 Å². The van der Waals surface area contributed by atoms with Gasteiger partial charge in [0.05, 0.1) is 11.9 Å². The average molecular weight is 314 g/mol. The zero-order valence-corrected chi connectivity index (χ0v) is 12.8. The molecule has 110 valence electrons. The van der Waals surface area contributed by atoms with Crippen molar-refractivity contribution in [1.82, 2.24) is 9.88 Å². The van der Waals surface area contributed by atoms with E-state index in [2.05, 4.69) is 5.32 Å². The van der Waals surface area contributed by atoms with Crippen LogP contribution in [0.4, 0.5) is 0 Å². The molecule has 0 spiro atoms. The molecule has 0 amide bonds. The topological polar surface area (TPSA) is 71.3 Å². The molecule has 1 unspecified atom stereocenters. The maximum atomic E-state index is 12.0. The van der Waals surface area contributed by atoms with E-state index >= 15 is 0 Å². The molecule has 2 aromatic heterocycles. The van der Waals surface area contributed by atoms with Crippen molar-refractivity contribution in [2.24, 2.45) is 7.05 Å². The van der Waals surface area contributed by atoms with Gasteiger partial charge in [-0.05, 0) is 23.6 Å². The summed E-state index contributed by atoms with van der Waals surface area (Å²) in [6.07, 6.45) is 1.02. The van der Waals surface area contributed by atoms with Gasteiger partial charge >= 0.3 is 0 Å². The van der Waals surface area contributed by atoms with Gasteiger partial charge in [0.15, 0.2) is 9.84 Å². The van der Waals surface area contributed by atoms with Crippen molar-refractivity contribution in [2.45, 2.75) is 16.9 Å². The van der Waals surface area contributed by atoms with Gasteiger partial charge in [-0.3, -0.25) is 0 Å². The van der Waals surface area contributed by atoms with Crippen LogP contribution in [0.3, 0.4) is 0 Å². The number of aryl methyl sites for hydroxylation is 1. The summed E-state index contributed by atoms with van der Waals surface area (Å²) in [6.45, 7) is 0.843. The first-order chi connectivity index (χ1) is 9.49. The first kappa shape index (κ1) is 15.2. The number of nitrogens with zero attached hydrogens (tertiary/aromatic N) is 1. The molecule has 7 heteroatoms. The van der Waals surface area contributed by atoms with E-state index in [0.717, 1.165) is 5.69 Å². The zero-order valence-electron chi connectivity index (χ0n) is 11.2. The molecule has 2 rings (SSSR count). The molecule has 0 saturated heterocycles. The summed E-state index contributed by atoms with van der Waals surface area (Å²) in [5, 5.41) is 14.6. The molecular formula is C13H18N2O3S2. The van der Waals surface area contributed by atoms with Crippen LogP contribution >= 0.6 is 11.3 Å². The highest BCUT2D eigenvalue weighted by Crippen LogP contribution is 2.18. The molecule has 0 radical (unpaired) electrons. The van der Waals surface area contributed by atoms with Crippen LogP contribution in [0.15, 0.2) is 40.1 Å². The third kappa shape index (κ3) is 3.92. The number of nitrogens with one attached hydrogen (secondary N) is 1. The Hall–Kier alpha value is -1.15. The van der Waals surface area contributed by atoms with Crippen LogP contribution in [0.25, 0.3) is 0 Å². The van der Waals surface area contributed by atoms with Gasteiger partial charge < -0.3 is 15.0 Å². The summed E-state index contributed by atoms with van der Waals surface area (Å²) < 4.78 is 26.2. The fraction of sp³-hybridized carbons (Fsp3) is 0.385. The van der Waals surface area contributed by atoms with Crippen LogP contribution in [0.1, 0.15) is 5.69 Å². The number of sulfone groups is 1. The number of hydrogen-bond donors (Lipinski definition) is 2. The van der Waals surface area contributed by atoms with Gasteiger partial charge in [-0.15, -0.1) is 11.3 Å². The molecule has 2 aromatic rings. The lowest BCUT2D eigenvalue weighted by molar-refractivity contribution is 0.193. The van der Waals surface area contributed by atoms with Crippen LogP contribution in [-0.2, 0) is 23.4 Å². The number of aliphatic hydroxyl groups is 1. The monoisotopic (exact) mass is 314 g/mol. The van der Waals surface area contributed by atoms with Gasteiger partial charge in [-0.2, -0.15) is 0 Å². The predicted octanol–water partition coefficient (Wildman–Crippen LogP) is 1.01. The van der Waals surface area contributed by atoms with Crippen LogP contribution in [0, 0.1) is 0 Å². The Morgan fingerprint density at radius 1 is 1.40 bits per heavy atom. The fourth-order valence-electron chi connectivity index (χ4n) is 1.88. The van der Waals surface area contributed by atoms with Crippen LogP contribution < -0.4 is 5.32 Å². The number of aliphatic hydroxyl groups excluding tert-OH is 1. The van der Waals surface area contributed by atoms with Gasteiger partial charge in [0.1, 0.15) is 4.21 Å². The molecule has 0 fully saturated rings. The molecule has 0 aromatic carbocycles. The standard InChI is InChI=1S/C13H18N2O3S2/c1-15-6-2-4-11(15)8-14-9-12(16)10-20(17,18)13-5-3-7-19-13/h2-7,12,14,16H,8-10H2,1H3. The minimum Gasteiger partial charge on any atom is -0.391 e. The van der Waals surface area contributed by atoms with Gasteiger partial charge in [-0.25, -0.2) is 8.42 Å². The third-order valence-electron chi connectivity index (χ3n) is 2.95. The van der Waals surface area contributed by atoms with Crippen molar-refractivity contribution < 1.29 is 13.5 Å². The largest absolute Gasteiger partial charge is 0.391 e. The lowest BCUT2D eigenvalue weighted by Crippen LogP contribution is -2.32. The molecule has 1 atom stereocenters. The van der Waals surface area contributed by atoms with Crippen molar-refractivity contribution in [3.8, 4) is 0 Å². The quantitative estimate of drug-likeness (QED) is 0.800. The summed E-state index contributed by atoms with van der Waals surface area (Å²) in [6, 6.07) is 7.16. The molecule has 0 aliphatic heterocycles. The number of aromatic nitrogens is 1. The van der Waals surface area contributed by atoms with Gasteiger partial charge in [0.2, 0.25) is 0 Å². The SMILES string of the molecule is Cn1cccc1CNCC(O)CS(=O)(=O)c1cccs1. The predicted molar refractivity (Wildman–Crippen MR) is 79.5 cm³/mol. The Morgan fingerprint density at radius 3 is 2.80 bits per heavy atom. The first-order valence-electron chi connectivity index (χ1n) is 6.24. The van der Waals surface area contributed by atoms with Crippen LogP contribution in [0.2, 0.25) is 0 Å². The second-order valence-corrected chi connectivity index (χ2v) is 7.82. The molecule has 2 heterocycles. The highest BCUT2D eigenvalue weighted by Gasteiger charge is 2.20. The fourth-order valence-corrected chi connectivity index (χ4v) is 4.36. The van der Waals surface area contributed by atoms with E-state index in [0.29, 0.717) is 10.8 Å². The minimum atomic E-state index is -3.39. The Kier molecular flexibility index (Phi) is 4.98. The highest BCUT2D eigenvalue weighted by atomic mass is 32.2. The summed E-state index contributed by atoms with van der Waals surface area (Å²) >= 11 is 1.17. The van der Waals surface area contributed by atoms with Crippen molar-refractivity contribution in [2.75, 3.05) is 12.3 Å². The molecule has 0 aliphatic carbocycles. The van der Waals surface area contributed by atoms with Crippen molar-refractivity contribution in [3.05, 3.63) is 41.5 Å².